The SMILES string of the molecule is O=C(CSCC(=O)Nc1ccccc1F)NCc1ccccc1Cl. The quantitative estimate of drug-likeness (QED) is 0.788. The summed E-state index contributed by atoms with van der Waals surface area (Å²) in [6.45, 7) is 0.334. The number of nitrogens with one attached hydrogen (secondary N) is 2. The molecule has 0 aromatic heterocycles. The lowest BCUT2D eigenvalue weighted by atomic mass is 10.2. The molecule has 0 aliphatic heterocycles. The first-order chi connectivity index (χ1) is 11.6. The number of carbonyl (C=O) groups excluding carboxylic acids is 2. The summed E-state index contributed by atoms with van der Waals surface area (Å²) in [4.78, 5) is 23.5. The Morgan fingerprint density at radius 2 is 1.67 bits per heavy atom. The number of benzene rings is 2. The molecule has 2 aromatic rings. The smallest absolute Gasteiger partial charge is 0.234 e. The number of amides is 2. The summed E-state index contributed by atoms with van der Waals surface area (Å²) >= 11 is 7.16. The second-order valence-corrected chi connectivity index (χ2v) is 6.28. The molecule has 2 amide bonds. The molecule has 0 fully saturated rings. The lowest BCUT2D eigenvalue weighted by Gasteiger charge is -2.08. The number of thioether (sulfide) groups is 1. The van der Waals surface area contributed by atoms with Crippen LogP contribution in [0.25, 0.3) is 0 Å². The molecule has 2 rings (SSSR count). The van der Waals surface area contributed by atoms with E-state index in [0.717, 1.165) is 17.3 Å². The third-order valence-corrected chi connectivity index (χ3v) is 4.35. The molecule has 0 heterocycles. The maximum Gasteiger partial charge on any atom is 0.234 e. The van der Waals surface area contributed by atoms with Crippen LogP contribution in [0.2, 0.25) is 5.02 Å². The van der Waals surface area contributed by atoms with E-state index in [2.05, 4.69) is 10.6 Å². The Morgan fingerprint density at radius 3 is 2.42 bits per heavy atom. The maximum absolute atomic E-state index is 13.4. The van der Waals surface area contributed by atoms with Gasteiger partial charge in [-0.1, -0.05) is 41.9 Å². The molecule has 0 saturated carbocycles. The van der Waals surface area contributed by atoms with Gasteiger partial charge in [-0.05, 0) is 23.8 Å². The Morgan fingerprint density at radius 1 is 1.00 bits per heavy atom. The van der Waals surface area contributed by atoms with Crippen molar-refractivity contribution in [2.24, 2.45) is 0 Å². The molecule has 4 nitrogen and oxygen atoms in total. The van der Waals surface area contributed by atoms with Gasteiger partial charge in [-0.25, -0.2) is 4.39 Å². The highest BCUT2D eigenvalue weighted by atomic mass is 35.5. The highest BCUT2D eigenvalue weighted by molar-refractivity contribution is 8.00. The topological polar surface area (TPSA) is 58.2 Å². The number of halogens is 2. The molecule has 24 heavy (non-hydrogen) atoms. The summed E-state index contributed by atoms with van der Waals surface area (Å²) in [5.74, 6) is -0.848. The summed E-state index contributed by atoms with van der Waals surface area (Å²) in [7, 11) is 0. The van der Waals surface area contributed by atoms with Gasteiger partial charge in [0.2, 0.25) is 11.8 Å². The average Bonchev–Trinajstić information content (AvgIpc) is 2.56. The third-order valence-electron chi connectivity index (χ3n) is 3.05. The Kier molecular flexibility index (Phi) is 7.08. The largest absolute Gasteiger partial charge is 0.351 e. The van der Waals surface area contributed by atoms with Crippen molar-refractivity contribution in [2.45, 2.75) is 6.54 Å². The Balaban J connectivity index is 1.68. The summed E-state index contributed by atoms with van der Waals surface area (Å²) in [5, 5.41) is 5.79. The fraction of sp³-hybridized carbons (Fsp3) is 0.176. The van der Waals surface area contributed by atoms with Gasteiger partial charge in [0.1, 0.15) is 5.82 Å². The Bertz CT molecular complexity index is 727. The van der Waals surface area contributed by atoms with Gasteiger partial charge in [0.15, 0.2) is 0 Å². The van der Waals surface area contributed by atoms with E-state index in [1.54, 1.807) is 18.2 Å². The van der Waals surface area contributed by atoms with Gasteiger partial charge in [0, 0.05) is 11.6 Å². The lowest BCUT2D eigenvalue weighted by Crippen LogP contribution is -2.25. The zero-order valence-corrected chi connectivity index (χ0v) is 14.3. The fourth-order valence-corrected chi connectivity index (χ4v) is 2.72. The number of anilines is 1. The minimum absolute atomic E-state index is 0.0633. The Labute approximate surface area is 148 Å². The molecule has 2 N–H and O–H groups in total. The standard InChI is InChI=1S/C17H16ClFN2O2S/c18-13-6-2-1-5-12(13)9-20-16(22)10-24-11-17(23)21-15-8-4-3-7-14(15)19/h1-8H,9-11H2,(H,20,22)(H,21,23). The van der Waals surface area contributed by atoms with Crippen LogP contribution in [0.4, 0.5) is 10.1 Å². The molecule has 2 aromatic carbocycles. The van der Waals surface area contributed by atoms with Crippen LogP contribution in [-0.4, -0.2) is 23.3 Å². The number of para-hydroxylation sites is 1. The van der Waals surface area contributed by atoms with Gasteiger partial charge in [-0.15, -0.1) is 11.8 Å². The van der Waals surface area contributed by atoms with Crippen LogP contribution in [0.3, 0.4) is 0 Å². The molecular formula is C17H16ClFN2O2S. The van der Waals surface area contributed by atoms with Gasteiger partial charge in [0.25, 0.3) is 0 Å². The number of rotatable bonds is 7. The number of carbonyl (C=O) groups is 2. The van der Waals surface area contributed by atoms with Crippen LogP contribution in [0.1, 0.15) is 5.56 Å². The molecular weight excluding hydrogens is 351 g/mol. The molecule has 0 aliphatic rings. The van der Waals surface area contributed by atoms with E-state index >= 15 is 0 Å². The average molecular weight is 367 g/mol. The zero-order chi connectivity index (χ0) is 17.4. The monoisotopic (exact) mass is 366 g/mol. The minimum Gasteiger partial charge on any atom is -0.351 e. The van der Waals surface area contributed by atoms with Crippen molar-refractivity contribution < 1.29 is 14.0 Å². The van der Waals surface area contributed by atoms with Crippen molar-refractivity contribution in [3.8, 4) is 0 Å². The molecule has 0 radical (unpaired) electrons. The molecule has 0 aliphatic carbocycles. The molecule has 7 heteroatoms. The van der Waals surface area contributed by atoms with Crippen molar-refractivity contribution in [1.29, 1.82) is 0 Å². The van der Waals surface area contributed by atoms with E-state index < -0.39 is 5.82 Å². The van der Waals surface area contributed by atoms with Gasteiger partial charge >= 0.3 is 0 Å². The van der Waals surface area contributed by atoms with Crippen LogP contribution in [0, 0.1) is 5.82 Å². The number of hydrogen-bond acceptors (Lipinski definition) is 3. The third kappa shape index (κ3) is 5.86. The second-order valence-electron chi connectivity index (χ2n) is 4.89. The van der Waals surface area contributed by atoms with E-state index in [-0.39, 0.29) is 29.0 Å². The van der Waals surface area contributed by atoms with Crippen LogP contribution in [-0.2, 0) is 16.1 Å². The van der Waals surface area contributed by atoms with Crippen LogP contribution in [0.5, 0.6) is 0 Å². The van der Waals surface area contributed by atoms with Crippen molar-refractivity contribution in [1.82, 2.24) is 5.32 Å². The molecule has 0 unspecified atom stereocenters. The van der Waals surface area contributed by atoms with Crippen LogP contribution >= 0.6 is 23.4 Å². The van der Waals surface area contributed by atoms with Gasteiger partial charge in [0.05, 0.1) is 17.2 Å². The van der Waals surface area contributed by atoms with E-state index in [1.807, 2.05) is 18.2 Å². The van der Waals surface area contributed by atoms with Crippen LogP contribution < -0.4 is 10.6 Å². The van der Waals surface area contributed by atoms with E-state index in [9.17, 15) is 14.0 Å². The first-order valence-electron chi connectivity index (χ1n) is 7.18. The van der Waals surface area contributed by atoms with Crippen molar-refractivity contribution in [2.75, 3.05) is 16.8 Å². The highest BCUT2D eigenvalue weighted by Gasteiger charge is 2.08. The van der Waals surface area contributed by atoms with E-state index in [0.29, 0.717) is 11.6 Å². The van der Waals surface area contributed by atoms with Crippen molar-refractivity contribution in [3.63, 3.8) is 0 Å². The van der Waals surface area contributed by atoms with Gasteiger partial charge < -0.3 is 10.6 Å². The predicted molar refractivity (Wildman–Crippen MR) is 95.7 cm³/mol. The highest BCUT2D eigenvalue weighted by Crippen LogP contribution is 2.15. The maximum atomic E-state index is 13.4. The molecule has 126 valence electrons. The first-order valence-corrected chi connectivity index (χ1v) is 8.72. The fourth-order valence-electron chi connectivity index (χ4n) is 1.87. The van der Waals surface area contributed by atoms with Gasteiger partial charge in [-0.2, -0.15) is 0 Å². The summed E-state index contributed by atoms with van der Waals surface area (Å²) < 4.78 is 13.4. The predicted octanol–water partition coefficient (Wildman–Crippen LogP) is 3.47. The van der Waals surface area contributed by atoms with Crippen molar-refractivity contribution in [3.05, 3.63) is 64.9 Å². The second kappa shape index (κ2) is 9.30. The molecule has 0 bridgehead atoms. The summed E-state index contributed by atoms with van der Waals surface area (Å²) in [5.41, 5.74) is 0.959. The summed E-state index contributed by atoms with van der Waals surface area (Å²) in [6.07, 6.45) is 0. The minimum atomic E-state index is -0.492. The zero-order valence-electron chi connectivity index (χ0n) is 12.7. The first kappa shape index (κ1) is 18.3. The van der Waals surface area contributed by atoms with E-state index in [4.69, 9.17) is 11.6 Å². The molecule has 0 spiro atoms. The lowest BCUT2D eigenvalue weighted by molar-refractivity contribution is -0.118. The number of hydrogen-bond donors (Lipinski definition) is 2. The Hall–Kier alpha value is -2.05. The normalized spacial score (nSPS) is 10.2. The van der Waals surface area contributed by atoms with Crippen LogP contribution in [0.15, 0.2) is 48.5 Å². The summed E-state index contributed by atoms with van der Waals surface area (Å²) in [6, 6.07) is 13.2. The molecule has 0 atom stereocenters. The van der Waals surface area contributed by atoms with Gasteiger partial charge in [-0.3, -0.25) is 9.59 Å². The molecule has 0 saturated heterocycles. The van der Waals surface area contributed by atoms with E-state index in [1.165, 1.54) is 12.1 Å². The van der Waals surface area contributed by atoms with Crippen molar-refractivity contribution >= 4 is 40.9 Å².